The van der Waals surface area contributed by atoms with Crippen molar-refractivity contribution in [2.75, 3.05) is 19.8 Å². The zero-order valence-corrected chi connectivity index (χ0v) is 44.6. The Labute approximate surface area is 421 Å². The first kappa shape index (κ1) is 64.6. The summed E-state index contributed by atoms with van der Waals surface area (Å²) in [4.78, 5) is 25.5. The molecule has 0 fully saturated rings. The first-order chi connectivity index (χ1) is 33.6. The van der Waals surface area contributed by atoms with Gasteiger partial charge in [0.15, 0.2) is 6.10 Å². The van der Waals surface area contributed by atoms with Crippen LogP contribution in [0.4, 0.5) is 0 Å². The van der Waals surface area contributed by atoms with E-state index in [4.69, 9.17) is 14.2 Å². The molecule has 5 nitrogen and oxygen atoms in total. The number of hydrogen-bond donors (Lipinski definition) is 0. The Morgan fingerprint density at radius 1 is 0.338 bits per heavy atom. The molecule has 1 unspecified atom stereocenters. The Hall–Kier alpha value is -3.44. The molecule has 0 heterocycles. The first-order valence-corrected chi connectivity index (χ1v) is 28.4. The topological polar surface area (TPSA) is 61.8 Å². The van der Waals surface area contributed by atoms with E-state index in [-0.39, 0.29) is 25.2 Å². The number of rotatable bonds is 51. The fourth-order valence-electron chi connectivity index (χ4n) is 7.56. The summed E-state index contributed by atoms with van der Waals surface area (Å²) < 4.78 is 17.4. The van der Waals surface area contributed by atoms with E-state index in [0.29, 0.717) is 25.9 Å². The molecule has 68 heavy (non-hydrogen) atoms. The van der Waals surface area contributed by atoms with Crippen LogP contribution in [-0.4, -0.2) is 37.9 Å². The maximum absolute atomic E-state index is 12.8. The average Bonchev–Trinajstić information content (AvgIpc) is 3.34. The molecular formula is C63H106O5. The minimum Gasteiger partial charge on any atom is -0.462 e. The predicted molar refractivity (Wildman–Crippen MR) is 297 cm³/mol. The molecule has 0 rings (SSSR count). The van der Waals surface area contributed by atoms with Gasteiger partial charge in [0.2, 0.25) is 0 Å². The molecule has 0 bridgehead atoms. The summed E-state index contributed by atoms with van der Waals surface area (Å²) in [6, 6.07) is 0. The van der Waals surface area contributed by atoms with Crippen LogP contribution in [0, 0.1) is 0 Å². The molecule has 0 saturated carbocycles. The minimum absolute atomic E-state index is 0.0344. The standard InChI is InChI=1S/C63H106O5/c1-4-7-10-13-16-19-22-25-28-30-32-33-36-38-41-44-47-50-53-56-62(64)67-60-61(68-63(65)57-54-51-48-45-42-39-35-27-24-21-18-15-12-9-6-3)59-66-58-55-52-49-46-43-40-37-34-31-29-26-23-20-17-14-11-8-5-2/h7,10,16-17,19-20,25-29,32-33,35,38,41,47,50,61H,4-6,8-9,11-15,18,21-24,30-31,34,36-37,39-40,42-46,48-49,51-60H2,1-3H3/b10-7-,19-16-,20-17-,28-25-,29-26-,33-32-,35-27-,41-38-,50-47-. The minimum atomic E-state index is -0.581. The molecule has 0 aromatic rings. The maximum Gasteiger partial charge on any atom is 0.306 e. The van der Waals surface area contributed by atoms with Crippen molar-refractivity contribution in [3.05, 3.63) is 109 Å². The second-order valence-electron chi connectivity index (χ2n) is 18.4. The molecular weight excluding hydrogens is 837 g/mol. The highest BCUT2D eigenvalue weighted by Gasteiger charge is 2.17. The molecule has 388 valence electrons. The predicted octanol–water partition coefficient (Wildman–Crippen LogP) is 19.6. The Balaban J connectivity index is 4.42. The lowest BCUT2D eigenvalue weighted by molar-refractivity contribution is -0.162. The van der Waals surface area contributed by atoms with Crippen molar-refractivity contribution in [1.82, 2.24) is 0 Å². The largest absolute Gasteiger partial charge is 0.462 e. The van der Waals surface area contributed by atoms with Crippen molar-refractivity contribution in [1.29, 1.82) is 0 Å². The number of allylic oxidation sites excluding steroid dienone is 18. The van der Waals surface area contributed by atoms with Crippen LogP contribution in [0.5, 0.6) is 0 Å². The molecule has 5 heteroatoms. The zero-order chi connectivity index (χ0) is 49.2. The van der Waals surface area contributed by atoms with Crippen molar-refractivity contribution in [3.8, 4) is 0 Å². The van der Waals surface area contributed by atoms with Gasteiger partial charge in [0.25, 0.3) is 0 Å². The van der Waals surface area contributed by atoms with Crippen molar-refractivity contribution in [3.63, 3.8) is 0 Å². The number of hydrogen-bond acceptors (Lipinski definition) is 5. The van der Waals surface area contributed by atoms with E-state index in [9.17, 15) is 9.59 Å². The van der Waals surface area contributed by atoms with Crippen molar-refractivity contribution >= 4 is 11.9 Å². The van der Waals surface area contributed by atoms with Crippen molar-refractivity contribution < 1.29 is 23.8 Å². The van der Waals surface area contributed by atoms with Gasteiger partial charge in [-0.15, -0.1) is 0 Å². The van der Waals surface area contributed by atoms with E-state index in [0.717, 1.165) is 83.5 Å². The molecule has 1 atom stereocenters. The van der Waals surface area contributed by atoms with Crippen LogP contribution >= 0.6 is 0 Å². The van der Waals surface area contributed by atoms with Gasteiger partial charge in [-0.05, 0) is 116 Å². The lowest BCUT2D eigenvalue weighted by atomic mass is 10.1. The van der Waals surface area contributed by atoms with Gasteiger partial charge in [-0.3, -0.25) is 9.59 Å². The van der Waals surface area contributed by atoms with Gasteiger partial charge in [-0.1, -0.05) is 233 Å². The summed E-state index contributed by atoms with van der Waals surface area (Å²) in [5, 5.41) is 0. The molecule has 0 aromatic carbocycles. The number of unbranched alkanes of at least 4 members (excludes halogenated alkanes) is 22. The monoisotopic (exact) mass is 943 g/mol. The van der Waals surface area contributed by atoms with E-state index in [1.54, 1.807) is 0 Å². The van der Waals surface area contributed by atoms with E-state index >= 15 is 0 Å². The molecule has 0 radical (unpaired) electrons. The van der Waals surface area contributed by atoms with Gasteiger partial charge < -0.3 is 14.2 Å². The Bertz CT molecular complexity index is 1340. The third kappa shape index (κ3) is 55.2. The quantitative estimate of drug-likeness (QED) is 0.0345. The molecule has 0 amide bonds. The number of esters is 2. The van der Waals surface area contributed by atoms with Gasteiger partial charge in [0.05, 0.1) is 6.61 Å². The summed E-state index contributed by atoms with van der Waals surface area (Å²) in [7, 11) is 0. The molecule has 0 aliphatic carbocycles. The Morgan fingerprint density at radius 2 is 0.691 bits per heavy atom. The fourth-order valence-corrected chi connectivity index (χ4v) is 7.56. The van der Waals surface area contributed by atoms with Crippen molar-refractivity contribution in [2.45, 2.75) is 258 Å². The van der Waals surface area contributed by atoms with Gasteiger partial charge in [0, 0.05) is 19.4 Å². The van der Waals surface area contributed by atoms with Crippen LogP contribution in [-0.2, 0) is 23.8 Å². The molecule has 0 aliphatic rings. The normalized spacial score (nSPS) is 13.0. The first-order valence-electron chi connectivity index (χ1n) is 28.4. The van der Waals surface area contributed by atoms with Gasteiger partial charge in [-0.25, -0.2) is 0 Å². The fraction of sp³-hybridized carbons (Fsp3) is 0.683. The highest BCUT2D eigenvalue weighted by atomic mass is 16.6. The van der Waals surface area contributed by atoms with Gasteiger partial charge in [-0.2, -0.15) is 0 Å². The summed E-state index contributed by atoms with van der Waals surface area (Å²) in [5.74, 6) is -0.508. The summed E-state index contributed by atoms with van der Waals surface area (Å²) in [5.41, 5.74) is 0. The lowest BCUT2D eigenvalue weighted by Gasteiger charge is -2.18. The summed E-state index contributed by atoms with van der Waals surface area (Å²) in [6.45, 7) is 7.59. The van der Waals surface area contributed by atoms with E-state index < -0.39 is 6.10 Å². The van der Waals surface area contributed by atoms with E-state index in [1.807, 2.05) is 6.08 Å². The number of carbonyl (C=O) groups is 2. The van der Waals surface area contributed by atoms with Crippen LogP contribution < -0.4 is 0 Å². The Morgan fingerprint density at radius 3 is 1.16 bits per heavy atom. The van der Waals surface area contributed by atoms with Crippen LogP contribution in [0.15, 0.2) is 109 Å². The second-order valence-corrected chi connectivity index (χ2v) is 18.4. The van der Waals surface area contributed by atoms with Gasteiger partial charge in [0.1, 0.15) is 6.61 Å². The smallest absolute Gasteiger partial charge is 0.306 e. The molecule has 0 saturated heterocycles. The average molecular weight is 944 g/mol. The molecule has 0 aromatic heterocycles. The zero-order valence-electron chi connectivity index (χ0n) is 44.6. The highest BCUT2D eigenvalue weighted by molar-refractivity contribution is 5.70. The van der Waals surface area contributed by atoms with Crippen LogP contribution in [0.1, 0.15) is 252 Å². The second kappa shape index (κ2) is 57.9. The third-order valence-electron chi connectivity index (χ3n) is 11.8. The molecule has 0 N–H and O–H groups in total. The highest BCUT2D eigenvalue weighted by Crippen LogP contribution is 2.13. The van der Waals surface area contributed by atoms with E-state index in [1.165, 1.54) is 128 Å². The summed E-state index contributed by atoms with van der Waals surface area (Å²) >= 11 is 0. The summed E-state index contributed by atoms with van der Waals surface area (Å²) in [6.07, 6.45) is 79.7. The van der Waals surface area contributed by atoms with E-state index in [2.05, 4.69) is 124 Å². The van der Waals surface area contributed by atoms with Crippen LogP contribution in [0.2, 0.25) is 0 Å². The number of carbonyl (C=O) groups excluding carboxylic acids is 2. The van der Waals surface area contributed by atoms with Crippen LogP contribution in [0.3, 0.4) is 0 Å². The Kier molecular flexibility index (Phi) is 54.9. The lowest BCUT2D eigenvalue weighted by Crippen LogP contribution is -2.30. The SMILES string of the molecule is CC/C=C\C/C=C\C/C=C\C/C=C\C/C=C\C/C=C\CCC(=O)OCC(COCCCCCCCCCC/C=C\C/C=C\CCCCC)OC(=O)CCCCCCC/C=C\CCCCCCCC. The van der Waals surface area contributed by atoms with Gasteiger partial charge >= 0.3 is 11.9 Å². The number of ether oxygens (including phenoxy) is 3. The van der Waals surface area contributed by atoms with Crippen molar-refractivity contribution in [2.24, 2.45) is 0 Å². The molecule has 0 aliphatic heterocycles. The third-order valence-corrected chi connectivity index (χ3v) is 11.8. The maximum atomic E-state index is 12.8. The molecule has 0 spiro atoms. The van der Waals surface area contributed by atoms with Crippen LogP contribution in [0.25, 0.3) is 0 Å².